The van der Waals surface area contributed by atoms with Crippen molar-refractivity contribution in [2.24, 2.45) is 0 Å². The molecular formula is C15H10ClFN2O4S. The van der Waals surface area contributed by atoms with Crippen LogP contribution in [0, 0.1) is 5.82 Å². The highest BCUT2D eigenvalue weighted by molar-refractivity contribution is 7.10. The zero-order valence-electron chi connectivity index (χ0n) is 12.1. The molecule has 24 heavy (non-hydrogen) atoms. The van der Waals surface area contributed by atoms with Gasteiger partial charge in [0, 0.05) is 11.5 Å². The van der Waals surface area contributed by atoms with Crippen LogP contribution in [0.4, 0.5) is 4.39 Å². The number of halogens is 2. The molecule has 9 heteroatoms. The van der Waals surface area contributed by atoms with Gasteiger partial charge in [-0.25, -0.2) is 9.18 Å². The summed E-state index contributed by atoms with van der Waals surface area (Å²) in [6.45, 7) is 0.0109. The first kappa shape index (κ1) is 16.4. The van der Waals surface area contributed by atoms with Gasteiger partial charge in [0.1, 0.15) is 40.6 Å². The van der Waals surface area contributed by atoms with Crippen LogP contribution in [-0.2, 0) is 18.0 Å². The first-order valence-corrected chi connectivity index (χ1v) is 7.88. The van der Waals surface area contributed by atoms with Gasteiger partial charge in [0.05, 0.1) is 0 Å². The highest BCUT2D eigenvalue weighted by Crippen LogP contribution is 2.19. The lowest BCUT2D eigenvalue weighted by atomic mass is 10.3. The standard InChI is InChI=1S/C15H10ClFN2O4S/c16-14-12(18-19-24-14)8-22-15(20)13-6-5-11(23-13)7-21-10-3-1-9(17)2-4-10/h1-6H,7-8H2. The maximum atomic E-state index is 12.8. The Morgan fingerprint density at radius 2 is 2.00 bits per heavy atom. The summed E-state index contributed by atoms with van der Waals surface area (Å²) in [6, 6.07) is 8.65. The Labute approximate surface area is 144 Å². The van der Waals surface area contributed by atoms with E-state index < -0.39 is 5.97 Å². The van der Waals surface area contributed by atoms with Crippen LogP contribution >= 0.6 is 23.1 Å². The number of esters is 1. The molecule has 0 N–H and O–H groups in total. The van der Waals surface area contributed by atoms with Gasteiger partial charge in [-0.05, 0) is 36.4 Å². The van der Waals surface area contributed by atoms with Gasteiger partial charge < -0.3 is 13.9 Å². The first-order valence-electron chi connectivity index (χ1n) is 6.73. The number of hydrogen-bond acceptors (Lipinski definition) is 7. The Balaban J connectivity index is 1.53. The summed E-state index contributed by atoms with van der Waals surface area (Å²) in [4.78, 5) is 11.9. The predicted octanol–water partition coefficient (Wildman–Crippen LogP) is 3.86. The molecule has 2 heterocycles. The van der Waals surface area contributed by atoms with E-state index in [2.05, 4.69) is 9.59 Å². The number of ether oxygens (including phenoxy) is 2. The van der Waals surface area contributed by atoms with E-state index in [0.29, 0.717) is 21.5 Å². The number of nitrogens with zero attached hydrogens (tertiary/aromatic N) is 2. The molecule has 0 atom stereocenters. The zero-order valence-corrected chi connectivity index (χ0v) is 13.6. The molecule has 124 valence electrons. The van der Waals surface area contributed by atoms with Gasteiger partial charge in [0.15, 0.2) is 0 Å². The van der Waals surface area contributed by atoms with E-state index in [1.807, 2.05) is 0 Å². The predicted molar refractivity (Wildman–Crippen MR) is 83.5 cm³/mol. The van der Waals surface area contributed by atoms with E-state index in [1.165, 1.54) is 30.3 Å². The van der Waals surface area contributed by atoms with Gasteiger partial charge in [-0.2, -0.15) is 0 Å². The number of carbonyl (C=O) groups is 1. The molecule has 0 saturated heterocycles. The summed E-state index contributed by atoms with van der Waals surface area (Å²) < 4.78 is 32.6. The molecule has 3 aromatic rings. The van der Waals surface area contributed by atoms with Crippen LogP contribution < -0.4 is 4.74 Å². The van der Waals surface area contributed by atoms with Gasteiger partial charge in [-0.1, -0.05) is 16.1 Å². The van der Waals surface area contributed by atoms with Crippen molar-refractivity contribution in [3.05, 3.63) is 63.8 Å². The molecular weight excluding hydrogens is 359 g/mol. The van der Waals surface area contributed by atoms with Crippen LogP contribution in [0.3, 0.4) is 0 Å². The smallest absolute Gasteiger partial charge is 0.374 e. The molecule has 3 rings (SSSR count). The van der Waals surface area contributed by atoms with Crippen LogP contribution in [0.25, 0.3) is 0 Å². The lowest BCUT2D eigenvalue weighted by molar-refractivity contribution is 0.0427. The van der Waals surface area contributed by atoms with Gasteiger partial charge in [0.25, 0.3) is 0 Å². The molecule has 0 radical (unpaired) electrons. The maximum Gasteiger partial charge on any atom is 0.374 e. The van der Waals surface area contributed by atoms with Crippen molar-refractivity contribution in [1.29, 1.82) is 0 Å². The van der Waals surface area contributed by atoms with Crippen LogP contribution in [0.5, 0.6) is 5.75 Å². The normalized spacial score (nSPS) is 10.6. The highest BCUT2D eigenvalue weighted by atomic mass is 35.5. The number of hydrogen-bond donors (Lipinski definition) is 0. The van der Waals surface area contributed by atoms with E-state index in [1.54, 1.807) is 6.07 Å². The molecule has 0 aliphatic heterocycles. The molecule has 0 aliphatic carbocycles. The van der Waals surface area contributed by atoms with Gasteiger partial charge >= 0.3 is 5.97 Å². The van der Waals surface area contributed by atoms with Crippen LogP contribution in [0.2, 0.25) is 4.34 Å². The second kappa shape index (κ2) is 7.41. The summed E-state index contributed by atoms with van der Waals surface area (Å²) in [5, 5.41) is 3.74. The van der Waals surface area contributed by atoms with Crippen molar-refractivity contribution < 1.29 is 23.1 Å². The lowest BCUT2D eigenvalue weighted by Crippen LogP contribution is -2.04. The Hall–Kier alpha value is -2.45. The summed E-state index contributed by atoms with van der Waals surface area (Å²) in [7, 11) is 0. The van der Waals surface area contributed by atoms with Crippen molar-refractivity contribution in [2.45, 2.75) is 13.2 Å². The Bertz CT molecular complexity index is 834. The summed E-state index contributed by atoms with van der Waals surface area (Å²) in [5.41, 5.74) is 0.390. The lowest BCUT2D eigenvalue weighted by Gasteiger charge is -2.03. The number of benzene rings is 1. The molecule has 0 bridgehead atoms. The van der Waals surface area contributed by atoms with Crippen LogP contribution in [-0.4, -0.2) is 15.6 Å². The van der Waals surface area contributed by atoms with E-state index in [0.717, 1.165) is 11.5 Å². The van der Waals surface area contributed by atoms with E-state index in [9.17, 15) is 9.18 Å². The molecule has 1 aromatic carbocycles. The summed E-state index contributed by atoms with van der Waals surface area (Å²) >= 11 is 6.83. The van der Waals surface area contributed by atoms with Crippen molar-refractivity contribution in [3.8, 4) is 5.75 Å². The van der Waals surface area contributed by atoms with Crippen molar-refractivity contribution >= 4 is 29.1 Å². The second-order valence-corrected chi connectivity index (χ2v) is 5.93. The fraction of sp³-hybridized carbons (Fsp3) is 0.133. The number of furan rings is 1. The van der Waals surface area contributed by atoms with E-state index in [4.69, 9.17) is 25.5 Å². The zero-order chi connectivity index (χ0) is 16.9. The molecule has 2 aromatic heterocycles. The van der Waals surface area contributed by atoms with Gasteiger partial charge in [-0.3, -0.25) is 0 Å². The van der Waals surface area contributed by atoms with Crippen molar-refractivity contribution in [1.82, 2.24) is 9.59 Å². The topological polar surface area (TPSA) is 74.5 Å². The second-order valence-electron chi connectivity index (χ2n) is 4.58. The van der Waals surface area contributed by atoms with E-state index in [-0.39, 0.29) is 24.8 Å². The number of aromatic nitrogens is 2. The third-order valence-corrected chi connectivity index (χ3v) is 3.89. The Kier molecular flexibility index (Phi) is 5.07. The monoisotopic (exact) mass is 368 g/mol. The third kappa shape index (κ3) is 4.09. The largest absolute Gasteiger partial charge is 0.486 e. The fourth-order valence-electron chi connectivity index (χ4n) is 1.74. The summed E-state index contributed by atoms with van der Waals surface area (Å²) in [5.74, 6) is -0.0397. The van der Waals surface area contributed by atoms with Gasteiger partial charge in [-0.15, -0.1) is 5.10 Å². The third-order valence-electron chi connectivity index (χ3n) is 2.91. The molecule has 0 saturated carbocycles. The van der Waals surface area contributed by atoms with Crippen molar-refractivity contribution in [2.75, 3.05) is 0 Å². The first-order chi connectivity index (χ1) is 11.6. The molecule has 0 unspecified atom stereocenters. The Morgan fingerprint density at radius 1 is 1.21 bits per heavy atom. The number of rotatable bonds is 6. The molecule has 0 amide bonds. The molecule has 0 aliphatic rings. The highest BCUT2D eigenvalue weighted by Gasteiger charge is 2.15. The molecule has 0 fully saturated rings. The average molecular weight is 369 g/mol. The van der Waals surface area contributed by atoms with Gasteiger partial charge in [0.2, 0.25) is 5.76 Å². The van der Waals surface area contributed by atoms with Crippen molar-refractivity contribution in [3.63, 3.8) is 0 Å². The quantitative estimate of drug-likeness (QED) is 0.615. The fourth-order valence-corrected chi connectivity index (χ4v) is 2.34. The average Bonchev–Trinajstić information content (AvgIpc) is 3.21. The Morgan fingerprint density at radius 3 is 2.71 bits per heavy atom. The van der Waals surface area contributed by atoms with Crippen LogP contribution in [0.15, 0.2) is 40.8 Å². The summed E-state index contributed by atoms with van der Waals surface area (Å²) in [6.07, 6.45) is 0. The number of carbonyl (C=O) groups excluding carboxylic acids is 1. The molecule has 0 spiro atoms. The molecule has 6 nitrogen and oxygen atoms in total. The SMILES string of the molecule is O=C(OCc1nnsc1Cl)c1ccc(COc2ccc(F)cc2)o1. The minimum Gasteiger partial charge on any atom is -0.486 e. The maximum absolute atomic E-state index is 12.8. The minimum atomic E-state index is -0.646. The van der Waals surface area contributed by atoms with E-state index >= 15 is 0 Å². The minimum absolute atomic E-state index is 0.0343. The van der Waals surface area contributed by atoms with Crippen LogP contribution in [0.1, 0.15) is 22.0 Å².